The van der Waals surface area contributed by atoms with Gasteiger partial charge in [0.2, 0.25) is 5.91 Å². The van der Waals surface area contributed by atoms with Crippen molar-refractivity contribution in [3.63, 3.8) is 0 Å². The maximum absolute atomic E-state index is 11.7. The number of carbonyl (C=O) groups is 1. The molecule has 3 nitrogen and oxygen atoms in total. The molecular formula is C10H19NO2. The Morgan fingerprint density at radius 3 is 2.46 bits per heavy atom. The molecule has 2 atom stereocenters. The molecular weight excluding hydrogens is 166 g/mol. The van der Waals surface area contributed by atoms with Gasteiger partial charge in [0.1, 0.15) is 0 Å². The minimum atomic E-state index is -0.479. The maximum Gasteiger partial charge on any atom is 0.228 e. The Bertz CT molecular complexity index is 176. The standard InChI is InChI=1S/C10H19NO2/c1-3-9(12)8(2)10(13)11-6-4-5-7-11/h8-9,12H,3-7H2,1-2H3/t8-,9+/m0/s1. The number of aliphatic hydroxyl groups excluding tert-OH is 1. The van der Waals surface area contributed by atoms with E-state index in [1.165, 1.54) is 0 Å². The van der Waals surface area contributed by atoms with Crippen molar-refractivity contribution in [2.75, 3.05) is 13.1 Å². The van der Waals surface area contributed by atoms with E-state index in [1.807, 2.05) is 18.7 Å². The lowest BCUT2D eigenvalue weighted by Crippen LogP contribution is -2.37. The van der Waals surface area contributed by atoms with Crippen molar-refractivity contribution in [1.29, 1.82) is 0 Å². The van der Waals surface area contributed by atoms with E-state index in [2.05, 4.69) is 0 Å². The molecule has 0 aliphatic carbocycles. The SMILES string of the molecule is CC[C@@H](O)[C@H](C)C(=O)N1CCCC1. The van der Waals surface area contributed by atoms with Crippen LogP contribution in [-0.2, 0) is 4.79 Å². The second-order valence-electron chi connectivity index (χ2n) is 3.80. The first-order valence-electron chi connectivity index (χ1n) is 5.13. The molecule has 1 N–H and O–H groups in total. The number of hydrogen-bond donors (Lipinski definition) is 1. The average Bonchev–Trinajstić information content (AvgIpc) is 2.67. The third-order valence-electron chi connectivity index (χ3n) is 2.80. The lowest BCUT2D eigenvalue weighted by molar-refractivity contribution is -0.137. The Balaban J connectivity index is 2.45. The Morgan fingerprint density at radius 1 is 1.46 bits per heavy atom. The van der Waals surface area contributed by atoms with Crippen LogP contribution in [0.1, 0.15) is 33.1 Å². The van der Waals surface area contributed by atoms with Gasteiger partial charge in [0.15, 0.2) is 0 Å². The zero-order valence-corrected chi connectivity index (χ0v) is 8.49. The van der Waals surface area contributed by atoms with Crippen LogP contribution in [-0.4, -0.2) is 35.1 Å². The number of hydrogen-bond acceptors (Lipinski definition) is 2. The van der Waals surface area contributed by atoms with Crippen LogP contribution < -0.4 is 0 Å². The van der Waals surface area contributed by atoms with Gasteiger partial charge in [-0.05, 0) is 19.3 Å². The lowest BCUT2D eigenvalue weighted by Gasteiger charge is -2.23. The zero-order chi connectivity index (χ0) is 9.84. The molecule has 0 bridgehead atoms. The van der Waals surface area contributed by atoms with Crippen molar-refractivity contribution in [3.05, 3.63) is 0 Å². The highest BCUT2D eigenvalue weighted by molar-refractivity contribution is 5.79. The fourth-order valence-electron chi connectivity index (χ4n) is 1.74. The molecule has 1 amide bonds. The van der Waals surface area contributed by atoms with Crippen LogP contribution >= 0.6 is 0 Å². The summed E-state index contributed by atoms with van der Waals surface area (Å²) in [7, 11) is 0. The van der Waals surface area contributed by atoms with Crippen LogP contribution in [0.15, 0.2) is 0 Å². The summed E-state index contributed by atoms with van der Waals surface area (Å²) in [5.74, 6) is -0.116. The highest BCUT2D eigenvalue weighted by Crippen LogP contribution is 2.15. The molecule has 0 saturated carbocycles. The summed E-state index contributed by atoms with van der Waals surface area (Å²) < 4.78 is 0. The van der Waals surface area contributed by atoms with Gasteiger partial charge in [-0.15, -0.1) is 0 Å². The van der Waals surface area contributed by atoms with Crippen molar-refractivity contribution < 1.29 is 9.90 Å². The number of likely N-dealkylation sites (tertiary alicyclic amines) is 1. The topological polar surface area (TPSA) is 40.5 Å². The zero-order valence-electron chi connectivity index (χ0n) is 8.49. The van der Waals surface area contributed by atoms with Gasteiger partial charge in [-0.25, -0.2) is 0 Å². The van der Waals surface area contributed by atoms with Crippen molar-refractivity contribution in [3.8, 4) is 0 Å². The molecule has 1 aliphatic rings. The predicted molar refractivity (Wildman–Crippen MR) is 51.3 cm³/mol. The van der Waals surface area contributed by atoms with Gasteiger partial charge in [-0.3, -0.25) is 4.79 Å². The summed E-state index contributed by atoms with van der Waals surface area (Å²) in [4.78, 5) is 13.6. The highest BCUT2D eigenvalue weighted by atomic mass is 16.3. The van der Waals surface area contributed by atoms with Gasteiger partial charge in [0, 0.05) is 13.1 Å². The molecule has 13 heavy (non-hydrogen) atoms. The minimum Gasteiger partial charge on any atom is -0.392 e. The van der Waals surface area contributed by atoms with Crippen LogP contribution in [0.4, 0.5) is 0 Å². The second kappa shape index (κ2) is 4.61. The van der Waals surface area contributed by atoms with E-state index >= 15 is 0 Å². The normalized spacial score (nSPS) is 21.6. The second-order valence-corrected chi connectivity index (χ2v) is 3.80. The summed E-state index contributed by atoms with van der Waals surface area (Å²) in [6, 6.07) is 0. The molecule has 1 fully saturated rings. The van der Waals surface area contributed by atoms with Crippen LogP contribution in [0.3, 0.4) is 0 Å². The van der Waals surface area contributed by atoms with Crippen molar-refractivity contribution in [2.45, 2.75) is 39.2 Å². The van der Waals surface area contributed by atoms with E-state index < -0.39 is 6.10 Å². The Labute approximate surface area is 79.7 Å². The third kappa shape index (κ3) is 2.44. The highest BCUT2D eigenvalue weighted by Gasteiger charge is 2.26. The van der Waals surface area contributed by atoms with Crippen LogP contribution in [0.2, 0.25) is 0 Å². The van der Waals surface area contributed by atoms with E-state index in [-0.39, 0.29) is 11.8 Å². The number of amides is 1. The smallest absolute Gasteiger partial charge is 0.228 e. The van der Waals surface area contributed by atoms with Crippen molar-refractivity contribution in [1.82, 2.24) is 4.90 Å². The molecule has 1 heterocycles. The first-order valence-corrected chi connectivity index (χ1v) is 5.13. The largest absolute Gasteiger partial charge is 0.392 e. The van der Waals surface area contributed by atoms with Gasteiger partial charge in [0.05, 0.1) is 12.0 Å². The fraction of sp³-hybridized carbons (Fsp3) is 0.900. The van der Waals surface area contributed by atoms with E-state index in [4.69, 9.17) is 0 Å². The fourth-order valence-corrected chi connectivity index (χ4v) is 1.74. The summed E-state index contributed by atoms with van der Waals surface area (Å²) in [6.07, 6.45) is 2.40. The van der Waals surface area contributed by atoms with Crippen LogP contribution in [0, 0.1) is 5.92 Å². The van der Waals surface area contributed by atoms with Crippen molar-refractivity contribution >= 4 is 5.91 Å². The number of carbonyl (C=O) groups excluding carboxylic acids is 1. The molecule has 0 radical (unpaired) electrons. The van der Waals surface area contributed by atoms with Crippen LogP contribution in [0.5, 0.6) is 0 Å². The Kier molecular flexibility index (Phi) is 3.72. The van der Waals surface area contributed by atoms with Gasteiger partial charge in [-0.2, -0.15) is 0 Å². The van der Waals surface area contributed by atoms with Gasteiger partial charge in [-0.1, -0.05) is 13.8 Å². The minimum absolute atomic E-state index is 0.117. The molecule has 0 unspecified atom stereocenters. The summed E-state index contributed by atoms with van der Waals surface area (Å²) in [5, 5.41) is 9.51. The molecule has 3 heteroatoms. The predicted octanol–water partition coefficient (Wildman–Crippen LogP) is 1.02. The lowest BCUT2D eigenvalue weighted by atomic mass is 10.0. The summed E-state index contributed by atoms with van der Waals surface area (Å²) in [5.41, 5.74) is 0. The maximum atomic E-state index is 11.7. The van der Waals surface area contributed by atoms with E-state index in [9.17, 15) is 9.90 Å². The monoisotopic (exact) mass is 185 g/mol. The summed E-state index contributed by atoms with van der Waals surface area (Å²) >= 11 is 0. The quantitative estimate of drug-likeness (QED) is 0.713. The number of aliphatic hydroxyl groups is 1. The summed E-state index contributed by atoms with van der Waals surface area (Å²) in [6.45, 7) is 5.46. The number of rotatable bonds is 3. The molecule has 76 valence electrons. The first kappa shape index (κ1) is 10.5. The average molecular weight is 185 g/mol. The molecule has 1 aliphatic heterocycles. The van der Waals surface area contributed by atoms with Crippen molar-refractivity contribution in [2.24, 2.45) is 5.92 Å². The molecule has 0 aromatic carbocycles. The van der Waals surface area contributed by atoms with Crippen LogP contribution in [0.25, 0.3) is 0 Å². The van der Waals surface area contributed by atoms with Gasteiger partial charge in [0.25, 0.3) is 0 Å². The van der Waals surface area contributed by atoms with E-state index in [0.717, 1.165) is 25.9 Å². The first-order chi connectivity index (χ1) is 6.16. The molecule has 0 aromatic rings. The third-order valence-corrected chi connectivity index (χ3v) is 2.80. The van der Waals surface area contributed by atoms with E-state index in [0.29, 0.717) is 6.42 Å². The molecule has 0 spiro atoms. The van der Waals surface area contributed by atoms with Gasteiger partial charge < -0.3 is 10.0 Å². The molecule has 0 aromatic heterocycles. The van der Waals surface area contributed by atoms with E-state index in [1.54, 1.807) is 0 Å². The number of nitrogens with zero attached hydrogens (tertiary/aromatic N) is 1. The molecule has 1 rings (SSSR count). The Morgan fingerprint density at radius 2 is 2.00 bits per heavy atom. The Hall–Kier alpha value is -0.570. The van der Waals surface area contributed by atoms with Gasteiger partial charge >= 0.3 is 0 Å². The molecule has 1 saturated heterocycles.